The molecule has 0 aliphatic carbocycles. The second-order valence-corrected chi connectivity index (χ2v) is 7.95. The van der Waals surface area contributed by atoms with E-state index in [0.29, 0.717) is 30.7 Å². The predicted molar refractivity (Wildman–Crippen MR) is 103 cm³/mol. The molecule has 7 nitrogen and oxygen atoms in total. The van der Waals surface area contributed by atoms with E-state index >= 15 is 0 Å². The van der Waals surface area contributed by atoms with Gasteiger partial charge in [-0.15, -0.1) is 0 Å². The van der Waals surface area contributed by atoms with E-state index < -0.39 is 10.0 Å². The van der Waals surface area contributed by atoms with Crippen LogP contribution in [0.3, 0.4) is 0 Å². The van der Waals surface area contributed by atoms with E-state index in [4.69, 9.17) is 4.74 Å². The lowest BCUT2D eigenvalue weighted by Crippen LogP contribution is -2.37. The molecular formula is C17H30N4O3S. The van der Waals surface area contributed by atoms with Gasteiger partial charge in [-0.25, -0.2) is 8.42 Å². The number of rotatable bonds is 10. The van der Waals surface area contributed by atoms with E-state index in [0.717, 1.165) is 31.4 Å². The minimum absolute atomic E-state index is 0.461. The molecule has 0 saturated carbocycles. The molecule has 0 heterocycles. The van der Waals surface area contributed by atoms with Gasteiger partial charge in [-0.05, 0) is 24.0 Å². The van der Waals surface area contributed by atoms with Gasteiger partial charge in [0, 0.05) is 33.4 Å². The van der Waals surface area contributed by atoms with Gasteiger partial charge in [0.05, 0.1) is 11.9 Å². The molecule has 0 aliphatic heterocycles. The van der Waals surface area contributed by atoms with E-state index in [1.54, 1.807) is 19.2 Å². The van der Waals surface area contributed by atoms with Crippen LogP contribution in [0.2, 0.25) is 0 Å². The first-order chi connectivity index (χ1) is 11.8. The summed E-state index contributed by atoms with van der Waals surface area (Å²) in [7, 11) is -1.61. The molecule has 0 fully saturated rings. The Morgan fingerprint density at radius 2 is 1.96 bits per heavy atom. The Morgan fingerprint density at radius 1 is 1.24 bits per heavy atom. The molecular weight excluding hydrogens is 340 g/mol. The molecule has 0 atom stereocenters. The molecule has 1 rings (SSSR count). The molecule has 0 spiro atoms. The number of anilines is 1. The molecule has 25 heavy (non-hydrogen) atoms. The van der Waals surface area contributed by atoms with Crippen LogP contribution in [0.15, 0.2) is 29.3 Å². The summed E-state index contributed by atoms with van der Waals surface area (Å²) in [6.45, 7) is 6.95. The SMILES string of the molecule is CN=C(NCCCOCC(C)C)NCc1ccccc1NS(C)(=O)=O. The fourth-order valence-corrected chi connectivity index (χ4v) is 2.67. The predicted octanol–water partition coefficient (Wildman–Crippen LogP) is 1.79. The second kappa shape index (κ2) is 10.9. The number of nitrogens with zero attached hydrogens (tertiary/aromatic N) is 1. The number of aliphatic imine (C=N–C) groups is 1. The summed E-state index contributed by atoms with van der Waals surface area (Å²) in [6.07, 6.45) is 2.03. The number of hydrogen-bond acceptors (Lipinski definition) is 4. The Labute approximate surface area is 151 Å². The van der Waals surface area contributed by atoms with Crippen LogP contribution in [0, 0.1) is 5.92 Å². The number of ether oxygens (including phenoxy) is 1. The van der Waals surface area contributed by atoms with E-state index in [2.05, 4.69) is 34.2 Å². The molecule has 0 bridgehead atoms. The topological polar surface area (TPSA) is 91.8 Å². The second-order valence-electron chi connectivity index (χ2n) is 6.21. The molecule has 1 aromatic carbocycles. The van der Waals surface area contributed by atoms with Gasteiger partial charge in [0.2, 0.25) is 10.0 Å². The van der Waals surface area contributed by atoms with Gasteiger partial charge >= 0.3 is 0 Å². The highest BCUT2D eigenvalue weighted by molar-refractivity contribution is 7.92. The first-order valence-corrected chi connectivity index (χ1v) is 10.3. The summed E-state index contributed by atoms with van der Waals surface area (Å²) in [5.74, 6) is 1.21. The van der Waals surface area contributed by atoms with Crippen molar-refractivity contribution in [1.29, 1.82) is 0 Å². The van der Waals surface area contributed by atoms with Crippen molar-refractivity contribution >= 4 is 21.7 Å². The van der Waals surface area contributed by atoms with Crippen molar-refractivity contribution in [3.63, 3.8) is 0 Å². The van der Waals surface area contributed by atoms with E-state index in [9.17, 15) is 8.42 Å². The molecule has 142 valence electrons. The molecule has 0 unspecified atom stereocenters. The molecule has 0 aromatic heterocycles. The van der Waals surface area contributed by atoms with E-state index in [1.807, 2.05) is 12.1 Å². The van der Waals surface area contributed by atoms with Crippen LogP contribution in [0.4, 0.5) is 5.69 Å². The van der Waals surface area contributed by atoms with E-state index in [-0.39, 0.29) is 0 Å². The Hall–Kier alpha value is -1.80. The van der Waals surface area contributed by atoms with Crippen LogP contribution in [-0.4, -0.2) is 47.4 Å². The zero-order valence-corrected chi connectivity index (χ0v) is 16.3. The number of para-hydroxylation sites is 1. The maximum Gasteiger partial charge on any atom is 0.229 e. The molecule has 8 heteroatoms. The largest absolute Gasteiger partial charge is 0.381 e. The van der Waals surface area contributed by atoms with Gasteiger partial charge in [0.1, 0.15) is 0 Å². The van der Waals surface area contributed by atoms with Gasteiger partial charge in [-0.1, -0.05) is 32.0 Å². The van der Waals surface area contributed by atoms with E-state index in [1.165, 1.54) is 0 Å². The highest BCUT2D eigenvalue weighted by atomic mass is 32.2. The van der Waals surface area contributed by atoms with Gasteiger partial charge in [-0.2, -0.15) is 0 Å². The van der Waals surface area contributed by atoms with Crippen molar-refractivity contribution in [2.24, 2.45) is 10.9 Å². The zero-order chi connectivity index (χ0) is 18.7. The molecule has 0 aliphatic rings. The lowest BCUT2D eigenvalue weighted by Gasteiger charge is -2.15. The lowest BCUT2D eigenvalue weighted by atomic mass is 10.2. The average Bonchev–Trinajstić information content (AvgIpc) is 2.53. The number of guanidine groups is 1. The Morgan fingerprint density at radius 3 is 2.60 bits per heavy atom. The van der Waals surface area contributed by atoms with Gasteiger partial charge in [-0.3, -0.25) is 9.71 Å². The smallest absolute Gasteiger partial charge is 0.229 e. The van der Waals surface area contributed by atoms with Crippen molar-refractivity contribution in [3.05, 3.63) is 29.8 Å². The monoisotopic (exact) mass is 370 g/mol. The van der Waals surface area contributed by atoms with Crippen LogP contribution in [0.25, 0.3) is 0 Å². The third kappa shape index (κ3) is 9.93. The standard InChI is InChI=1S/C17H30N4O3S/c1-14(2)13-24-11-7-10-19-17(18-3)20-12-15-8-5-6-9-16(15)21-25(4,22)23/h5-6,8-9,14,21H,7,10-13H2,1-4H3,(H2,18,19,20). The summed E-state index contributed by atoms with van der Waals surface area (Å²) in [4.78, 5) is 4.17. The molecule has 0 saturated heterocycles. The number of benzene rings is 1. The molecule has 3 N–H and O–H groups in total. The van der Waals surface area contributed by atoms with Crippen LogP contribution in [-0.2, 0) is 21.3 Å². The quantitative estimate of drug-likeness (QED) is 0.332. The van der Waals surface area contributed by atoms with Crippen molar-refractivity contribution < 1.29 is 13.2 Å². The fraction of sp³-hybridized carbons (Fsp3) is 0.588. The summed E-state index contributed by atoms with van der Waals surface area (Å²) in [6, 6.07) is 7.27. The third-order valence-electron chi connectivity index (χ3n) is 3.19. The van der Waals surface area contributed by atoms with Crippen LogP contribution >= 0.6 is 0 Å². The fourth-order valence-electron chi connectivity index (χ4n) is 2.07. The van der Waals surface area contributed by atoms with Crippen molar-refractivity contribution in [2.45, 2.75) is 26.8 Å². The van der Waals surface area contributed by atoms with Crippen LogP contribution < -0.4 is 15.4 Å². The highest BCUT2D eigenvalue weighted by Crippen LogP contribution is 2.15. The van der Waals surface area contributed by atoms with Gasteiger partial charge in [0.15, 0.2) is 5.96 Å². The summed E-state index contributed by atoms with van der Waals surface area (Å²) < 4.78 is 30.9. The summed E-state index contributed by atoms with van der Waals surface area (Å²) in [5, 5.41) is 6.40. The van der Waals surface area contributed by atoms with Crippen molar-refractivity contribution in [1.82, 2.24) is 10.6 Å². The van der Waals surface area contributed by atoms with Gasteiger partial charge < -0.3 is 15.4 Å². The highest BCUT2D eigenvalue weighted by Gasteiger charge is 2.07. The molecule has 0 amide bonds. The number of hydrogen-bond donors (Lipinski definition) is 3. The number of sulfonamides is 1. The normalized spacial score (nSPS) is 12.3. The van der Waals surface area contributed by atoms with Gasteiger partial charge in [0.25, 0.3) is 0 Å². The minimum atomic E-state index is -3.31. The van der Waals surface area contributed by atoms with Crippen LogP contribution in [0.1, 0.15) is 25.8 Å². The number of nitrogens with one attached hydrogen (secondary N) is 3. The minimum Gasteiger partial charge on any atom is -0.381 e. The Kier molecular flexibility index (Phi) is 9.30. The maximum absolute atomic E-state index is 11.4. The van der Waals surface area contributed by atoms with Crippen LogP contribution in [0.5, 0.6) is 0 Å². The molecule has 1 aromatic rings. The van der Waals surface area contributed by atoms with Crippen molar-refractivity contribution in [2.75, 3.05) is 37.8 Å². The first-order valence-electron chi connectivity index (χ1n) is 8.39. The summed E-state index contributed by atoms with van der Waals surface area (Å²) >= 11 is 0. The molecule has 0 radical (unpaired) electrons. The summed E-state index contributed by atoms with van der Waals surface area (Å²) in [5.41, 5.74) is 1.41. The zero-order valence-electron chi connectivity index (χ0n) is 15.5. The average molecular weight is 371 g/mol. The Bertz CT molecular complexity index is 645. The first kappa shape index (κ1) is 21.2. The lowest BCUT2D eigenvalue weighted by molar-refractivity contribution is 0.108. The maximum atomic E-state index is 11.4. The third-order valence-corrected chi connectivity index (χ3v) is 3.78. The Balaban J connectivity index is 2.43. The van der Waals surface area contributed by atoms with Crippen molar-refractivity contribution in [3.8, 4) is 0 Å².